The van der Waals surface area contributed by atoms with E-state index in [9.17, 15) is 9.59 Å². The summed E-state index contributed by atoms with van der Waals surface area (Å²) >= 11 is 0. The van der Waals surface area contributed by atoms with E-state index in [0.29, 0.717) is 19.6 Å². The third-order valence-corrected chi connectivity index (χ3v) is 2.79. The van der Waals surface area contributed by atoms with Crippen molar-refractivity contribution in [2.24, 2.45) is 0 Å². The van der Waals surface area contributed by atoms with Crippen molar-refractivity contribution in [1.29, 1.82) is 0 Å². The van der Waals surface area contributed by atoms with Gasteiger partial charge in [0.05, 0.1) is 0 Å². The van der Waals surface area contributed by atoms with Gasteiger partial charge in [0.25, 0.3) is 0 Å². The number of likely N-dealkylation sites (N-methyl/N-ethyl adjacent to an activating group) is 1. The lowest BCUT2D eigenvalue weighted by molar-refractivity contribution is -0.136. The van der Waals surface area contributed by atoms with Crippen LogP contribution >= 0.6 is 0 Å². The Bertz CT molecular complexity index is 337. The van der Waals surface area contributed by atoms with E-state index in [2.05, 4.69) is 0 Å². The maximum Gasteiger partial charge on any atom is 0.410 e. The molecule has 0 aliphatic carbocycles. The minimum absolute atomic E-state index is 0.0149. The summed E-state index contributed by atoms with van der Waals surface area (Å²) in [5.41, 5.74) is -0.526. The highest BCUT2D eigenvalue weighted by Gasteiger charge is 2.29. The molecule has 0 N–H and O–H groups in total. The molecular formula is C13H25N3O3. The minimum Gasteiger partial charge on any atom is -0.444 e. The van der Waals surface area contributed by atoms with Gasteiger partial charge in [-0.2, -0.15) is 0 Å². The van der Waals surface area contributed by atoms with Crippen molar-refractivity contribution in [3.8, 4) is 0 Å². The van der Waals surface area contributed by atoms with Crippen molar-refractivity contribution in [3.05, 3.63) is 0 Å². The van der Waals surface area contributed by atoms with Crippen LogP contribution in [0.3, 0.4) is 0 Å². The van der Waals surface area contributed by atoms with Crippen LogP contribution in [0.1, 0.15) is 20.8 Å². The summed E-state index contributed by atoms with van der Waals surface area (Å²) in [4.78, 5) is 29.1. The molecule has 110 valence electrons. The van der Waals surface area contributed by atoms with Gasteiger partial charge >= 0.3 is 6.09 Å². The number of amides is 2. The van der Waals surface area contributed by atoms with Gasteiger partial charge in [-0.1, -0.05) is 0 Å². The predicted octanol–water partition coefficient (Wildman–Crippen LogP) is 0.627. The normalized spacial score (nSPS) is 17.1. The Hall–Kier alpha value is -1.30. The number of carbonyl (C=O) groups is 2. The summed E-state index contributed by atoms with van der Waals surface area (Å²) < 4.78 is 5.27. The fourth-order valence-electron chi connectivity index (χ4n) is 1.75. The quantitative estimate of drug-likeness (QED) is 0.755. The summed E-state index contributed by atoms with van der Waals surface area (Å²) in [6.45, 7) is 8.22. The number of ether oxygens (including phenoxy) is 1. The second-order valence-corrected chi connectivity index (χ2v) is 6.09. The first kappa shape index (κ1) is 15.8. The molecule has 6 nitrogen and oxygen atoms in total. The van der Waals surface area contributed by atoms with Gasteiger partial charge in [-0.25, -0.2) is 4.79 Å². The van der Waals surface area contributed by atoms with Crippen molar-refractivity contribution < 1.29 is 14.3 Å². The molecule has 1 saturated heterocycles. The van der Waals surface area contributed by atoms with Gasteiger partial charge in [0.15, 0.2) is 0 Å². The molecule has 1 heterocycles. The van der Waals surface area contributed by atoms with E-state index in [4.69, 9.17) is 4.74 Å². The lowest BCUT2D eigenvalue weighted by Gasteiger charge is -2.35. The van der Waals surface area contributed by atoms with Crippen molar-refractivity contribution in [1.82, 2.24) is 14.7 Å². The summed E-state index contributed by atoms with van der Waals surface area (Å²) in [5, 5.41) is 0. The standard InChI is InChI=1S/C13H25N3O3/c1-13(2,3)19-12(18)16-9-8-15(11(17)10-16)7-6-14(4)5/h6-10H2,1-5H3. The van der Waals surface area contributed by atoms with Crippen LogP contribution in [-0.4, -0.2) is 79.1 Å². The zero-order valence-corrected chi connectivity index (χ0v) is 12.6. The van der Waals surface area contributed by atoms with E-state index in [1.165, 1.54) is 4.90 Å². The summed E-state index contributed by atoms with van der Waals surface area (Å²) in [6, 6.07) is 0. The topological polar surface area (TPSA) is 53.1 Å². The van der Waals surface area contributed by atoms with Crippen LogP contribution in [-0.2, 0) is 9.53 Å². The van der Waals surface area contributed by atoms with Crippen LogP contribution in [0.25, 0.3) is 0 Å². The molecule has 1 fully saturated rings. The van der Waals surface area contributed by atoms with Crippen molar-refractivity contribution in [2.75, 3.05) is 46.8 Å². The Morgan fingerprint density at radius 3 is 2.42 bits per heavy atom. The highest BCUT2D eigenvalue weighted by Crippen LogP contribution is 2.12. The molecule has 1 rings (SSSR count). The van der Waals surface area contributed by atoms with Crippen LogP contribution in [0.2, 0.25) is 0 Å². The molecule has 0 radical (unpaired) electrons. The van der Waals surface area contributed by atoms with Gasteiger partial charge in [0.2, 0.25) is 5.91 Å². The monoisotopic (exact) mass is 271 g/mol. The van der Waals surface area contributed by atoms with Gasteiger partial charge in [0, 0.05) is 26.2 Å². The van der Waals surface area contributed by atoms with E-state index >= 15 is 0 Å². The average molecular weight is 271 g/mol. The number of piperazine rings is 1. The Morgan fingerprint density at radius 2 is 1.95 bits per heavy atom. The number of hydrogen-bond acceptors (Lipinski definition) is 4. The maximum atomic E-state index is 11.9. The SMILES string of the molecule is CN(C)CCN1CCN(C(=O)OC(C)(C)C)CC1=O. The lowest BCUT2D eigenvalue weighted by Crippen LogP contribution is -2.54. The summed E-state index contributed by atoms with van der Waals surface area (Å²) in [5.74, 6) is -0.0149. The first-order valence-electron chi connectivity index (χ1n) is 6.59. The Kier molecular flexibility index (Phi) is 5.17. The zero-order valence-electron chi connectivity index (χ0n) is 12.6. The van der Waals surface area contributed by atoms with E-state index in [0.717, 1.165) is 6.54 Å². The van der Waals surface area contributed by atoms with Crippen LogP contribution < -0.4 is 0 Å². The number of carbonyl (C=O) groups excluding carboxylic acids is 2. The molecule has 0 spiro atoms. The predicted molar refractivity (Wildman–Crippen MR) is 72.9 cm³/mol. The molecule has 0 aromatic heterocycles. The summed E-state index contributed by atoms with van der Waals surface area (Å²) in [6.07, 6.45) is -0.409. The van der Waals surface area contributed by atoms with Gasteiger partial charge in [-0.05, 0) is 34.9 Å². The first-order chi connectivity index (χ1) is 8.69. The number of nitrogens with zero attached hydrogens (tertiary/aromatic N) is 3. The fourth-order valence-corrected chi connectivity index (χ4v) is 1.75. The van der Waals surface area contributed by atoms with Crippen LogP contribution in [0.4, 0.5) is 4.79 Å². The molecular weight excluding hydrogens is 246 g/mol. The number of rotatable bonds is 3. The van der Waals surface area contributed by atoms with Crippen molar-refractivity contribution >= 4 is 12.0 Å². The smallest absolute Gasteiger partial charge is 0.410 e. The number of hydrogen-bond donors (Lipinski definition) is 0. The average Bonchev–Trinajstić information content (AvgIpc) is 2.24. The zero-order chi connectivity index (χ0) is 14.6. The van der Waals surface area contributed by atoms with Crippen LogP contribution in [0.15, 0.2) is 0 Å². The van der Waals surface area contributed by atoms with Crippen LogP contribution in [0.5, 0.6) is 0 Å². The van der Waals surface area contributed by atoms with E-state index in [1.807, 2.05) is 39.8 Å². The molecule has 19 heavy (non-hydrogen) atoms. The Labute approximate surface area is 115 Å². The summed E-state index contributed by atoms with van der Waals surface area (Å²) in [7, 11) is 3.95. The third kappa shape index (κ3) is 5.46. The van der Waals surface area contributed by atoms with Gasteiger partial charge < -0.3 is 14.5 Å². The highest BCUT2D eigenvalue weighted by molar-refractivity contribution is 5.83. The lowest BCUT2D eigenvalue weighted by atomic mass is 10.2. The van der Waals surface area contributed by atoms with Gasteiger partial charge in [0.1, 0.15) is 12.1 Å². The maximum absolute atomic E-state index is 11.9. The molecule has 0 saturated carbocycles. The van der Waals surface area contributed by atoms with E-state index < -0.39 is 11.7 Å². The van der Waals surface area contributed by atoms with Crippen molar-refractivity contribution in [2.45, 2.75) is 26.4 Å². The molecule has 6 heteroatoms. The Balaban J connectivity index is 2.45. The van der Waals surface area contributed by atoms with Gasteiger partial charge in [-0.3, -0.25) is 9.69 Å². The molecule has 1 aliphatic heterocycles. The Morgan fingerprint density at radius 1 is 1.32 bits per heavy atom. The second kappa shape index (κ2) is 6.23. The largest absolute Gasteiger partial charge is 0.444 e. The molecule has 2 amide bonds. The van der Waals surface area contributed by atoms with Crippen molar-refractivity contribution in [3.63, 3.8) is 0 Å². The molecule has 0 aromatic carbocycles. The van der Waals surface area contributed by atoms with E-state index in [1.54, 1.807) is 4.90 Å². The third-order valence-electron chi connectivity index (χ3n) is 2.79. The molecule has 1 aliphatic rings. The molecule has 0 unspecified atom stereocenters. The van der Waals surface area contributed by atoms with E-state index in [-0.39, 0.29) is 12.5 Å². The molecule has 0 atom stereocenters. The first-order valence-corrected chi connectivity index (χ1v) is 6.59. The fraction of sp³-hybridized carbons (Fsp3) is 0.846. The minimum atomic E-state index is -0.526. The van der Waals surface area contributed by atoms with Crippen LogP contribution in [0, 0.1) is 0 Å². The highest BCUT2D eigenvalue weighted by atomic mass is 16.6. The molecule has 0 bridgehead atoms. The molecule has 0 aromatic rings. The van der Waals surface area contributed by atoms with Gasteiger partial charge in [-0.15, -0.1) is 0 Å². The second-order valence-electron chi connectivity index (χ2n) is 6.09.